The Kier molecular flexibility index (Phi) is 5.88. The van der Waals surface area contributed by atoms with E-state index in [1.165, 1.54) is 6.92 Å². The lowest BCUT2D eigenvalue weighted by atomic mass is 10.1. The number of ether oxygens (including phenoxy) is 1. The number of carbonyl (C=O) groups is 2. The van der Waals surface area contributed by atoms with E-state index in [0.717, 1.165) is 5.56 Å². The van der Waals surface area contributed by atoms with E-state index in [4.69, 9.17) is 4.74 Å². The lowest BCUT2D eigenvalue weighted by Crippen LogP contribution is -2.14. The van der Waals surface area contributed by atoms with Crippen molar-refractivity contribution in [3.63, 3.8) is 0 Å². The number of aliphatic hydroxyl groups is 1. The zero-order valence-electron chi connectivity index (χ0n) is 12.9. The normalized spacial score (nSPS) is 11.6. The molecule has 2 aromatic carbocycles. The molecule has 0 saturated carbocycles. The molecule has 1 atom stereocenters. The molecule has 120 valence electrons. The van der Waals surface area contributed by atoms with Crippen molar-refractivity contribution >= 4 is 17.6 Å². The molecule has 5 nitrogen and oxygen atoms in total. The van der Waals surface area contributed by atoms with Crippen LogP contribution in [0.5, 0.6) is 0 Å². The Morgan fingerprint density at radius 1 is 1.09 bits per heavy atom. The quantitative estimate of drug-likeness (QED) is 0.803. The molecule has 0 spiro atoms. The van der Waals surface area contributed by atoms with E-state index in [0.29, 0.717) is 11.3 Å². The third-order valence-corrected chi connectivity index (χ3v) is 3.21. The van der Waals surface area contributed by atoms with E-state index in [1.54, 1.807) is 36.4 Å². The summed E-state index contributed by atoms with van der Waals surface area (Å²) in [5.41, 5.74) is 2.16. The molecule has 0 aliphatic carbocycles. The third kappa shape index (κ3) is 5.56. The molecular weight excluding hydrogens is 294 g/mol. The van der Waals surface area contributed by atoms with E-state index in [9.17, 15) is 14.7 Å². The minimum atomic E-state index is -0.831. The number of hydrogen-bond donors (Lipinski definition) is 2. The van der Waals surface area contributed by atoms with Gasteiger partial charge in [-0.1, -0.05) is 42.5 Å². The second kappa shape index (κ2) is 8.10. The largest absolute Gasteiger partial charge is 0.462 e. The molecule has 0 saturated heterocycles. The summed E-state index contributed by atoms with van der Waals surface area (Å²) in [5, 5.41) is 12.6. The fourth-order valence-corrected chi connectivity index (χ4v) is 2.07. The van der Waals surface area contributed by atoms with E-state index in [-0.39, 0.29) is 18.9 Å². The van der Waals surface area contributed by atoms with Gasteiger partial charge < -0.3 is 15.2 Å². The van der Waals surface area contributed by atoms with Gasteiger partial charge in [0, 0.05) is 12.6 Å². The third-order valence-electron chi connectivity index (χ3n) is 3.21. The molecule has 0 aliphatic heterocycles. The SMILES string of the molecule is CC(=O)Nc1ccc(CC(=O)OCC(O)c2ccccc2)cc1. The maximum absolute atomic E-state index is 11.8. The number of aliphatic hydroxyl groups excluding tert-OH is 1. The Morgan fingerprint density at radius 3 is 2.35 bits per heavy atom. The Hall–Kier alpha value is -2.66. The first-order valence-corrected chi connectivity index (χ1v) is 7.30. The molecule has 0 bridgehead atoms. The van der Waals surface area contributed by atoms with Crippen molar-refractivity contribution in [2.75, 3.05) is 11.9 Å². The molecule has 0 radical (unpaired) electrons. The number of benzene rings is 2. The number of hydrogen-bond acceptors (Lipinski definition) is 4. The number of rotatable bonds is 6. The highest BCUT2D eigenvalue weighted by molar-refractivity contribution is 5.88. The van der Waals surface area contributed by atoms with Gasteiger partial charge in [-0.05, 0) is 23.3 Å². The molecule has 1 unspecified atom stereocenters. The van der Waals surface area contributed by atoms with Gasteiger partial charge in [0.25, 0.3) is 0 Å². The van der Waals surface area contributed by atoms with Crippen LogP contribution in [-0.2, 0) is 20.7 Å². The van der Waals surface area contributed by atoms with Crippen LogP contribution in [0.25, 0.3) is 0 Å². The summed E-state index contributed by atoms with van der Waals surface area (Å²) >= 11 is 0. The van der Waals surface area contributed by atoms with Crippen LogP contribution in [0.1, 0.15) is 24.2 Å². The van der Waals surface area contributed by atoms with Gasteiger partial charge in [-0.2, -0.15) is 0 Å². The van der Waals surface area contributed by atoms with Crippen LogP contribution in [-0.4, -0.2) is 23.6 Å². The molecule has 0 heterocycles. The summed E-state index contributed by atoms with van der Waals surface area (Å²) < 4.78 is 5.10. The number of anilines is 1. The standard InChI is InChI=1S/C18H19NO4/c1-13(20)19-16-9-7-14(8-10-16)11-18(22)23-12-17(21)15-5-3-2-4-6-15/h2-10,17,21H,11-12H2,1H3,(H,19,20). The van der Waals surface area contributed by atoms with Gasteiger partial charge in [-0.25, -0.2) is 0 Å². The highest BCUT2D eigenvalue weighted by Gasteiger charge is 2.11. The smallest absolute Gasteiger partial charge is 0.310 e. The van der Waals surface area contributed by atoms with Crippen LogP contribution in [0.2, 0.25) is 0 Å². The zero-order chi connectivity index (χ0) is 16.7. The number of amides is 1. The molecule has 2 N–H and O–H groups in total. The van der Waals surface area contributed by atoms with E-state index < -0.39 is 12.1 Å². The topological polar surface area (TPSA) is 75.6 Å². The lowest BCUT2D eigenvalue weighted by molar-refractivity contribution is -0.145. The van der Waals surface area contributed by atoms with Crippen LogP contribution < -0.4 is 5.32 Å². The minimum Gasteiger partial charge on any atom is -0.462 e. The first kappa shape index (κ1) is 16.7. The average molecular weight is 313 g/mol. The molecule has 0 aromatic heterocycles. The lowest BCUT2D eigenvalue weighted by Gasteiger charge is -2.11. The van der Waals surface area contributed by atoms with Crippen molar-refractivity contribution in [3.8, 4) is 0 Å². The van der Waals surface area contributed by atoms with Gasteiger partial charge in [0.1, 0.15) is 12.7 Å². The monoisotopic (exact) mass is 313 g/mol. The first-order valence-electron chi connectivity index (χ1n) is 7.30. The van der Waals surface area contributed by atoms with Crippen molar-refractivity contribution < 1.29 is 19.4 Å². The minimum absolute atomic E-state index is 0.0766. The highest BCUT2D eigenvalue weighted by Crippen LogP contribution is 2.13. The molecule has 23 heavy (non-hydrogen) atoms. The number of carbonyl (C=O) groups excluding carboxylic acids is 2. The van der Waals surface area contributed by atoms with Crippen LogP contribution in [0.3, 0.4) is 0 Å². The number of esters is 1. The average Bonchev–Trinajstić information content (AvgIpc) is 2.55. The van der Waals surface area contributed by atoms with Crippen LogP contribution in [0, 0.1) is 0 Å². The highest BCUT2D eigenvalue weighted by atomic mass is 16.5. The van der Waals surface area contributed by atoms with E-state index in [1.807, 2.05) is 18.2 Å². The maximum atomic E-state index is 11.8. The maximum Gasteiger partial charge on any atom is 0.310 e. The van der Waals surface area contributed by atoms with Crippen molar-refractivity contribution in [1.82, 2.24) is 0 Å². The van der Waals surface area contributed by atoms with E-state index >= 15 is 0 Å². The van der Waals surface area contributed by atoms with Gasteiger partial charge in [-0.3, -0.25) is 9.59 Å². The Morgan fingerprint density at radius 2 is 1.74 bits per heavy atom. The van der Waals surface area contributed by atoms with Gasteiger partial charge in [0.05, 0.1) is 6.42 Å². The molecular formula is C18H19NO4. The predicted molar refractivity (Wildman–Crippen MR) is 86.8 cm³/mol. The molecule has 0 aliphatic rings. The number of nitrogens with one attached hydrogen (secondary N) is 1. The summed E-state index contributed by atoms with van der Waals surface area (Å²) in [6, 6.07) is 16.0. The van der Waals surface area contributed by atoms with Gasteiger partial charge >= 0.3 is 5.97 Å². The van der Waals surface area contributed by atoms with Crippen LogP contribution >= 0.6 is 0 Å². The fourth-order valence-electron chi connectivity index (χ4n) is 2.07. The molecule has 5 heteroatoms. The summed E-state index contributed by atoms with van der Waals surface area (Å²) in [6.07, 6.45) is -0.718. The van der Waals surface area contributed by atoms with Crippen LogP contribution in [0.4, 0.5) is 5.69 Å². The van der Waals surface area contributed by atoms with Gasteiger partial charge in [-0.15, -0.1) is 0 Å². The second-order valence-electron chi connectivity index (χ2n) is 5.16. The van der Waals surface area contributed by atoms with Crippen LogP contribution in [0.15, 0.2) is 54.6 Å². The van der Waals surface area contributed by atoms with Crippen molar-refractivity contribution in [3.05, 3.63) is 65.7 Å². The molecule has 2 rings (SSSR count). The van der Waals surface area contributed by atoms with Gasteiger partial charge in [0.2, 0.25) is 5.91 Å². The van der Waals surface area contributed by atoms with Gasteiger partial charge in [0.15, 0.2) is 0 Å². The van der Waals surface area contributed by atoms with Crippen molar-refractivity contribution in [2.24, 2.45) is 0 Å². The summed E-state index contributed by atoms with van der Waals surface area (Å²) in [7, 11) is 0. The Balaban J connectivity index is 1.81. The Labute approximate surface area is 134 Å². The fraction of sp³-hybridized carbons (Fsp3) is 0.222. The summed E-state index contributed by atoms with van der Waals surface area (Å²) in [4.78, 5) is 22.7. The summed E-state index contributed by atoms with van der Waals surface area (Å²) in [5.74, 6) is -0.556. The molecule has 1 amide bonds. The van der Waals surface area contributed by atoms with Crippen molar-refractivity contribution in [2.45, 2.75) is 19.4 Å². The van der Waals surface area contributed by atoms with Crippen molar-refractivity contribution in [1.29, 1.82) is 0 Å². The summed E-state index contributed by atoms with van der Waals surface area (Å²) in [6.45, 7) is 1.36. The zero-order valence-corrected chi connectivity index (χ0v) is 12.9. The second-order valence-corrected chi connectivity index (χ2v) is 5.16. The molecule has 0 fully saturated rings. The Bertz CT molecular complexity index is 652. The molecule has 2 aromatic rings. The predicted octanol–water partition coefficient (Wildman–Crippen LogP) is 2.46. The first-order chi connectivity index (χ1) is 11.0. The van der Waals surface area contributed by atoms with E-state index in [2.05, 4.69) is 5.32 Å².